The third kappa shape index (κ3) is 3.37. The predicted octanol–water partition coefficient (Wildman–Crippen LogP) is 4.76. The summed E-state index contributed by atoms with van der Waals surface area (Å²) < 4.78 is 13.2. The van der Waals surface area contributed by atoms with Crippen molar-refractivity contribution in [3.05, 3.63) is 57.1 Å². The first-order valence-corrected chi connectivity index (χ1v) is 6.54. The average Bonchev–Trinajstić information content (AvgIpc) is 2.32. The summed E-state index contributed by atoms with van der Waals surface area (Å²) in [5, 5.41) is 3.85. The van der Waals surface area contributed by atoms with Crippen molar-refractivity contribution in [2.75, 3.05) is 5.32 Å². The number of anilines is 1. The zero-order valence-corrected chi connectivity index (χ0v) is 12.1. The maximum Gasteiger partial charge on any atom is 0.154 e. The molecule has 1 N–H and O–H groups in total. The zero-order valence-electron chi connectivity index (χ0n) is 10.6. The van der Waals surface area contributed by atoms with E-state index in [1.807, 2.05) is 13.8 Å². The molecular weight excluding hydrogens is 286 g/mol. The molecule has 0 aliphatic heterocycles. The largest absolute Gasteiger partial charge is 0.378 e. The fourth-order valence-corrected chi connectivity index (χ4v) is 2.42. The molecule has 0 fully saturated rings. The van der Waals surface area contributed by atoms with Crippen LogP contribution in [-0.4, -0.2) is 4.98 Å². The number of hydrogen-bond acceptors (Lipinski definition) is 2. The molecule has 0 atom stereocenters. The molecule has 100 valence electrons. The van der Waals surface area contributed by atoms with Crippen molar-refractivity contribution in [2.45, 2.75) is 20.4 Å². The Labute approximate surface area is 121 Å². The van der Waals surface area contributed by atoms with Gasteiger partial charge in [-0.3, -0.25) is 0 Å². The first-order valence-electron chi connectivity index (χ1n) is 5.79. The van der Waals surface area contributed by atoms with Crippen molar-refractivity contribution in [1.29, 1.82) is 0 Å². The lowest BCUT2D eigenvalue weighted by molar-refractivity contribution is 0.625. The van der Waals surface area contributed by atoms with Gasteiger partial charge in [0.2, 0.25) is 0 Å². The molecule has 1 heterocycles. The van der Waals surface area contributed by atoms with Crippen LogP contribution in [-0.2, 0) is 6.54 Å². The number of hydrogen-bond donors (Lipinski definition) is 1. The average molecular weight is 299 g/mol. The van der Waals surface area contributed by atoms with Crippen LogP contribution in [0.25, 0.3) is 0 Å². The first kappa shape index (κ1) is 14.1. The number of aryl methyl sites for hydroxylation is 2. The Morgan fingerprint density at radius 3 is 2.58 bits per heavy atom. The monoisotopic (exact) mass is 298 g/mol. The smallest absolute Gasteiger partial charge is 0.154 e. The van der Waals surface area contributed by atoms with Gasteiger partial charge >= 0.3 is 0 Å². The standard InChI is InChI=1S/C14H13Cl2FN2/c1-8-3-4-11(17)6-10(8)7-18-13-9(2)5-12(15)19-14(13)16/h3-6,18H,7H2,1-2H3. The van der Waals surface area contributed by atoms with Crippen molar-refractivity contribution < 1.29 is 4.39 Å². The van der Waals surface area contributed by atoms with Gasteiger partial charge in [-0.05, 0) is 48.7 Å². The van der Waals surface area contributed by atoms with E-state index in [1.165, 1.54) is 12.1 Å². The Hall–Kier alpha value is -1.32. The third-order valence-corrected chi connectivity index (χ3v) is 3.38. The lowest BCUT2D eigenvalue weighted by Crippen LogP contribution is -2.04. The molecule has 0 amide bonds. The van der Waals surface area contributed by atoms with E-state index in [4.69, 9.17) is 23.2 Å². The SMILES string of the molecule is Cc1ccc(F)cc1CNc1c(C)cc(Cl)nc1Cl. The molecule has 0 aliphatic rings. The summed E-state index contributed by atoms with van der Waals surface area (Å²) in [6, 6.07) is 6.44. The van der Waals surface area contributed by atoms with Gasteiger partial charge in [-0.25, -0.2) is 9.37 Å². The topological polar surface area (TPSA) is 24.9 Å². The van der Waals surface area contributed by atoms with Gasteiger partial charge < -0.3 is 5.32 Å². The Bertz CT molecular complexity index is 591. The van der Waals surface area contributed by atoms with Crippen LogP contribution in [0.1, 0.15) is 16.7 Å². The van der Waals surface area contributed by atoms with Crippen molar-refractivity contribution in [3.8, 4) is 0 Å². The number of nitrogens with zero attached hydrogens (tertiary/aromatic N) is 1. The Kier molecular flexibility index (Phi) is 4.27. The van der Waals surface area contributed by atoms with Gasteiger partial charge in [0.05, 0.1) is 5.69 Å². The number of nitrogens with one attached hydrogen (secondary N) is 1. The van der Waals surface area contributed by atoms with Crippen molar-refractivity contribution in [3.63, 3.8) is 0 Å². The van der Waals surface area contributed by atoms with E-state index in [2.05, 4.69) is 10.3 Å². The number of benzene rings is 1. The molecule has 0 bridgehead atoms. The van der Waals surface area contributed by atoms with E-state index in [0.717, 1.165) is 22.4 Å². The normalized spacial score (nSPS) is 10.6. The Morgan fingerprint density at radius 1 is 1.16 bits per heavy atom. The molecule has 2 rings (SSSR count). The van der Waals surface area contributed by atoms with Crippen LogP contribution in [0.15, 0.2) is 24.3 Å². The van der Waals surface area contributed by atoms with Crippen LogP contribution in [0, 0.1) is 19.7 Å². The van der Waals surface area contributed by atoms with Gasteiger partial charge in [-0.15, -0.1) is 0 Å². The highest BCUT2D eigenvalue weighted by atomic mass is 35.5. The van der Waals surface area contributed by atoms with Crippen molar-refractivity contribution in [2.24, 2.45) is 0 Å². The van der Waals surface area contributed by atoms with E-state index < -0.39 is 0 Å². The summed E-state index contributed by atoms with van der Waals surface area (Å²) in [5.41, 5.74) is 3.52. The van der Waals surface area contributed by atoms with Gasteiger partial charge in [0, 0.05) is 6.54 Å². The number of rotatable bonds is 3. The van der Waals surface area contributed by atoms with Crippen LogP contribution in [0.2, 0.25) is 10.3 Å². The first-order chi connectivity index (χ1) is 8.97. The van der Waals surface area contributed by atoms with Gasteiger partial charge in [0.15, 0.2) is 5.15 Å². The van der Waals surface area contributed by atoms with Crippen molar-refractivity contribution in [1.82, 2.24) is 4.98 Å². The number of halogens is 3. The molecule has 0 saturated carbocycles. The van der Waals surface area contributed by atoms with E-state index in [9.17, 15) is 4.39 Å². The van der Waals surface area contributed by atoms with Crippen LogP contribution in [0.4, 0.5) is 10.1 Å². The minimum absolute atomic E-state index is 0.251. The molecule has 2 aromatic rings. The quantitative estimate of drug-likeness (QED) is 0.827. The third-order valence-electron chi connectivity index (χ3n) is 2.91. The maximum absolute atomic E-state index is 13.2. The summed E-state index contributed by atoms with van der Waals surface area (Å²) in [5.74, 6) is -0.251. The van der Waals surface area contributed by atoms with Gasteiger partial charge in [0.25, 0.3) is 0 Å². The van der Waals surface area contributed by atoms with E-state index >= 15 is 0 Å². The van der Waals surface area contributed by atoms with E-state index in [-0.39, 0.29) is 5.82 Å². The minimum atomic E-state index is -0.251. The summed E-state index contributed by atoms with van der Waals surface area (Å²) in [7, 11) is 0. The molecule has 1 aromatic heterocycles. The summed E-state index contributed by atoms with van der Waals surface area (Å²) in [6.07, 6.45) is 0. The van der Waals surface area contributed by atoms with Crippen LogP contribution in [0.3, 0.4) is 0 Å². The van der Waals surface area contributed by atoms with Crippen molar-refractivity contribution >= 4 is 28.9 Å². The molecule has 2 nitrogen and oxygen atoms in total. The summed E-state index contributed by atoms with van der Waals surface area (Å²) in [4.78, 5) is 3.98. The molecular formula is C14H13Cl2FN2. The van der Waals surface area contributed by atoms with Gasteiger partial charge in [0.1, 0.15) is 11.0 Å². The van der Waals surface area contributed by atoms with E-state index in [0.29, 0.717) is 16.9 Å². The fraction of sp³-hybridized carbons (Fsp3) is 0.214. The molecule has 0 radical (unpaired) electrons. The van der Waals surface area contributed by atoms with Gasteiger partial charge in [-0.2, -0.15) is 0 Å². The molecule has 1 aromatic carbocycles. The fourth-order valence-electron chi connectivity index (χ4n) is 1.82. The number of aromatic nitrogens is 1. The molecule has 0 saturated heterocycles. The molecule has 5 heteroatoms. The van der Waals surface area contributed by atoms with Crippen LogP contribution < -0.4 is 5.32 Å². The molecule has 0 aliphatic carbocycles. The maximum atomic E-state index is 13.2. The molecule has 19 heavy (non-hydrogen) atoms. The summed E-state index contributed by atoms with van der Waals surface area (Å²) in [6.45, 7) is 4.30. The highest BCUT2D eigenvalue weighted by Crippen LogP contribution is 2.27. The second-order valence-electron chi connectivity index (χ2n) is 4.35. The van der Waals surface area contributed by atoms with E-state index in [1.54, 1.807) is 12.1 Å². The minimum Gasteiger partial charge on any atom is -0.378 e. The highest BCUT2D eigenvalue weighted by molar-refractivity contribution is 6.34. The Balaban J connectivity index is 2.21. The second-order valence-corrected chi connectivity index (χ2v) is 5.10. The second kappa shape index (κ2) is 5.76. The lowest BCUT2D eigenvalue weighted by Gasteiger charge is -2.13. The lowest BCUT2D eigenvalue weighted by atomic mass is 10.1. The predicted molar refractivity (Wildman–Crippen MR) is 77.5 cm³/mol. The molecule has 0 unspecified atom stereocenters. The summed E-state index contributed by atoms with van der Waals surface area (Å²) >= 11 is 11.9. The zero-order chi connectivity index (χ0) is 14.0. The van der Waals surface area contributed by atoms with Gasteiger partial charge in [-0.1, -0.05) is 29.3 Å². The van der Waals surface area contributed by atoms with Crippen LogP contribution in [0.5, 0.6) is 0 Å². The highest BCUT2D eigenvalue weighted by Gasteiger charge is 2.08. The van der Waals surface area contributed by atoms with Crippen LogP contribution >= 0.6 is 23.2 Å². The molecule has 0 spiro atoms. The number of pyridine rings is 1. The Morgan fingerprint density at radius 2 is 1.89 bits per heavy atom.